The Balaban J connectivity index is 1.25. The highest BCUT2D eigenvalue weighted by molar-refractivity contribution is 5.95. The molecule has 0 unspecified atom stereocenters. The molecule has 1 saturated heterocycles. The molecule has 0 aliphatic carbocycles. The first-order valence-corrected chi connectivity index (χ1v) is 11.9. The lowest BCUT2D eigenvalue weighted by Crippen LogP contribution is -2.32. The van der Waals surface area contributed by atoms with Gasteiger partial charge in [-0.3, -0.25) is 9.69 Å². The number of amides is 1. The Morgan fingerprint density at radius 3 is 2.18 bits per heavy atom. The van der Waals surface area contributed by atoms with Gasteiger partial charge in [0.25, 0.3) is 5.91 Å². The van der Waals surface area contributed by atoms with Gasteiger partial charge in [-0.25, -0.2) is 0 Å². The van der Waals surface area contributed by atoms with Gasteiger partial charge in [-0.15, -0.1) is 0 Å². The van der Waals surface area contributed by atoms with E-state index in [0.717, 1.165) is 36.3 Å². The molecule has 3 aromatic rings. The number of benzene rings is 3. The van der Waals surface area contributed by atoms with E-state index in [1.807, 2.05) is 31.2 Å². The van der Waals surface area contributed by atoms with Crippen molar-refractivity contribution in [1.29, 1.82) is 0 Å². The predicted octanol–water partition coefficient (Wildman–Crippen LogP) is 5.37. The quantitative estimate of drug-likeness (QED) is 0.535. The zero-order chi connectivity index (χ0) is 23.2. The summed E-state index contributed by atoms with van der Waals surface area (Å²) in [6.07, 6.45) is 2.39. The van der Waals surface area contributed by atoms with Crippen LogP contribution in [0.25, 0.3) is 0 Å². The van der Waals surface area contributed by atoms with E-state index in [0.29, 0.717) is 12.5 Å². The fraction of sp³-hybridized carbons (Fsp3) is 0.345. The molecule has 4 heteroatoms. The lowest BCUT2D eigenvalue weighted by atomic mass is 9.89. The SMILES string of the molecule is Cc1ccccc1C(=O)NCc1ccc(C2CCN(Cc3ccc(N(C)C)cc3)CC2)cc1. The first kappa shape index (κ1) is 23.1. The molecule has 4 rings (SSSR count). The number of piperidine rings is 1. The van der Waals surface area contributed by atoms with E-state index >= 15 is 0 Å². The van der Waals surface area contributed by atoms with Gasteiger partial charge < -0.3 is 10.2 Å². The molecule has 0 bridgehead atoms. The summed E-state index contributed by atoms with van der Waals surface area (Å²) >= 11 is 0. The van der Waals surface area contributed by atoms with Crippen molar-refractivity contribution in [3.8, 4) is 0 Å². The van der Waals surface area contributed by atoms with Gasteiger partial charge in [-0.1, -0.05) is 54.6 Å². The highest BCUT2D eigenvalue weighted by atomic mass is 16.1. The van der Waals surface area contributed by atoms with Crippen LogP contribution < -0.4 is 10.2 Å². The summed E-state index contributed by atoms with van der Waals surface area (Å²) in [4.78, 5) is 17.1. The standard InChI is InChI=1S/C29H35N3O/c1-22-6-4-5-7-28(22)29(33)30-20-23-8-12-25(13-9-23)26-16-18-32(19-17-26)21-24-10-14-27(15-11-24)31(2)3/h4-15,26H,16-21H2,1-3H3,(H,30,33). The van der Waals surface area contributed by atoms with E-state index in [2.05, 4.69) is 77.7 Å². The molecule has 3 aromatic carbocycles. The highest BCUT2D eigenvalue weighted by Crippen LogP contribution is 2.29. The van der Waals surface area contributed by atoms with Gasteiger partial charge >= 0.3 is 0 Å². The molecule has 1 heterocycles. The van der Waals surface area contributed by atoms with Crippen LogP contribution >= 0.6 is 0 Å². The number of hydrogen-bond donors (Lipinski definition) is 1. The van der Waals surface area contributed by atoms with Crippen LogP contribution in [0, 0.1) is 6.92 Å². The van der Waals surface area contributed by atoms with E-state index in [4.69, 9.17) is 0 Å². The molecule has 4 nitrogen and oxygen atoms in total. The molecular weight excluding hydrogens is 406 g/mol. The van der Waals surface area contributed by atoms with Crippen LogP contribution in [-0.2, 0) is 13.1 Å². The molecule has 0 atom stereocenters. The summed E-state index contributed by atoms with van der Waals surface area (Å²) < 4.78 is 0. The van der Waals surface area contributed by atoms with Gasteiger partial charge in [0.1, 0.15) is 0 Å². The smallest absolute Gasteiger partial charge is 0.251 e. The molecular formula is C29H35N3O. The highest BCUT2D eigenvalue weighted by Gasteiger charge is 2.20. The molecule has 33 heavy (non-hydrogen) atoms. The third kappa shape index (κ3) is 6.02. The van der Waals surface area contributed by atoms with E-state index < -0.39 is 0 Å². The number of carbonyl (C=O) groups is 1. The first-order chi connectivity index (χ1) is 16.0. The minimum atomic E-state index is -0.0131. The molecule has 0 radical (unpaired) electrons. The average Bonchev–Trinajstić information content (AvgIpc) is 2.84. The van der Waals surface area contributed by atoms with Gasteiger partial charge in [0.15, 0.2) is 0 Å². The fourth-order valence-corrected chi connectivity index (χ4v) is 4.59. The minimum Gasteiger partial charge on any atom is -0.378 e. The summed E-state index contributed by atoms with van der Waals surface area (Å²) in [6, 6.07) is 25.4. The molecule has 0 saturated carbocycles. The van der Waals surface area contributed by atoms with Crippen molar-refractivity contribution in [3.63, 3.8) is 0 Å². The molecule has 1 amide bonds. The van der Waals surface area contributed by atoms with Crippen LogP contribution in [0.15, 0.2) is 72.8 Å². The van der Waals surface area contributed by atoms with Gasteiger partial charge in [0.2, 0.25) is 0 Å². The summed E-state index contributed by atoms with van der Waals surface area (Å²) in [5, 5.41) is 3.05. The van der Waals surface area contributed by atoms with E-state index in [9.17, 15) is 4.79 Å². The number of rotatable bonds is 7. The second kappa shape index (κ2) is 10.7. The maximum absolute atomic E-state index is 12.4. The second-order valence-corrected chi connectivity index (χ2v) is 9.35. The molecule has 1 aliphatic heterocycles. The number of nitrogens with zero attached hydrogens (tertiary/aromatic N) is 2. The van der Waals surface area contributed by atoms with Crippen molar-refractivity contribution < 1.29 is 4.79 Å². The number of aryl methyl sites for hydroxylation is 1. The summed E-state index contributed by atoms with van der Waals surface area (Å²) in [7, 11) is 4.15. The van der Waals surface area contributed by atoms with Gasteiger partial charge in [0, 0.05) is 38.4 Å². The fourth-order valence-electron chi connectivity index (χ4n) is 4.59. The van der Waals surface area contributed by atoms with Crippen LogP contribution in [0.4, 0.5) is 5.69 Å². The Morgan fingerprint density at radius 1 is 0.909 bits per heavy atom. The summed E-state index contributed by atoms with van der Waals surface area (Å²) in [6.45, 7) is 5.82. The molecule has 1 N–H and O–H groups in total. The third-order valence-electron chi connectivity index (χ3n) is 6.74. The first-order valence-electron chi connectivity index (χ1n) is 11.9. The minimum absolute atomic E-state index is 0.0131. The average molecular weight is 442 g/mol. The second-order valence-electron chi connectivity index (χ2n) is 9.35. The summed E-state index contributed by atoms with van der Waals surface area (Å²) in [5.41, 5.74) is 6.93. The van der Waals surface area contributed by atoms with Crippen molar-refractivity contribution in [2.45, 2.75) is 38.8 Å². The zero-order valence-corrected chi connectivity index (χ0v) is 20.1. The molecule has 172 valence electrons. The molecule has 1 fully saturated rings. The van der Waals surface area contributed by atoms with Crippen LogP contribution in [0.2, 0.25) is 0 Å². The molecule has 0 aromatic heterocycles. The van der Waals surface area contributed by atoms with Gasteiger partial charge in [0.05, 0.1) is 0 Å². The number of hydrogen-bond acceptors (Lipinski definition) is 3. The summed E-state index contributed by atoms with van der Waals surface area (Å²) in [5.74, 6) is 0.605. The Labute approximate surface area is 198 Å². The number of nitrogens with one attached hydrogen (secondary N) is 1. The number of carbonyl (C=O) groups excluding carboxylic acids is 1. The van der Waals surface area contributed by atoms with Crippen LogP contribution in [0.1, 0.15) is 51.4 Å². The van der Waals surface area contributed by atoms with Crippen LogP contribution in [0.3, 0.4) is 0 Å². The Morgan fingerprint density at radius 2 is 1.55 bits per heavy atom. The van der Waals surface area contributed by atoms with E-state index in [-0.39, 0.29) is 5.91 Å². The molecule has 0 spiro atoms. The lowest BCUT2D eigenvalue weighted by Gasteiger charge is -2.32. The van der Waals surface area contributed by atoms with Crippen molar-refractivity contribution in [2.24, 2.45) is 0 Å². The Kier molecular flexibility index (Phi) is 7.46. The lowest BCUT2D eigenvalue weighted by molar-refractivity contribution is 0.0950. The Hall–Kier alpha value is -3.11. The third-order valence-corrected chi connectivity index (χ3v) is 6.74. The van der Waals surface area contributed by atoms with Crippen LogP contribution in [0.5, 0.6) is 0 Å². The number of likely N-dealkylation sites (tertiary alicyclic amines) is 1. The maximum atomic E-state index is 12.4. The predicted molar refractivity (Wildman–Crippen MR) is 137 cm³/mol. The Bertz CT molecular complexity index is 1050. The maximum Gasteiger partial charge on any atom is 0.251 e. The van der Waals surface area contributed by atoms with Gasteiger partial charge in [-0.05, 0) is 79.2 Å². The van der Waals surface area contributed by atoms with Crippen molar-refractivity contribution in [1.82, 2.24) is 10.2 Å². The van der Waals surface area contributed by atoms with E-state index in [1.54, 1.807) is 0 Å². The van der Waals surface area contributed by atoms with Crippen molar-refractivity contribution in [3.05, 3.63) is 101 Å². The van der Waals surface area contributed by atoms with Crippen molar-refractivity contribution in [2.75, 3.05) is 32.1 Å². The molecule has 1 aliphatic rings. The topological polar surface area (TPSA) is 35.6 Å². The largest absolute Gasteiger partial charge is 0.378 e. The number of anilines is 1. The normalized spacial score (nSPS) is 14.8. The van der Waals surface area contributed by atoms with Gasteiger partial charge in [-0.2, -0.15) is 0 Å². The zero-order valence-electron chi connectivity index (χ0n) is 20.1. The van der Waals surface area contributed by atoms with E-state index in [1.165, 1.54) is 29.7 Å². The van der Waals surface area contributed by atoms with Crippen molar-refractivity contribution >= 4 is 11.6 Å². The monoisotopic (exact) mass is 441 g/mol. The van der Waals surface area contributed by atoms with Crippen LogP contribution in [-0.4, -0.2) is 38.0 Å².